The first-order valence-corrected chi connectivity index (χ1v) is 5.18. The summed E-state index contributed by atoms with van der Waals surface area (Å²) in [6.45, 7) is 0. The quantitative estimate of drug-likeness (QED) is 0.582. The number of nitrogens with zero attached hydrogens (tertiary/aromatic N) is 1. The van der Waals surface area contributed by atoms with Crippen LogP contribution in [0.2, 0.25) is 0 Å². The molecule has 0 atom stereocenters. The van der Waals surface area contributed by atoms with E-state index < -0.39 is 0 Å². The van der Waals surface area contributed by atoms with E-state index in [1.54, 1.807) is 0 Å². The number of allylic oxidation sites excluding steroid dienone is 3. The van der Waals surface area contributed by atoms with Crippen molar-refractivity contribution in [3.05, 3.63) is 48.4 Å². The lowest BCUT2D eigenvalue weighted by Crippen LogP contribution is -1.67. The molecule has 1 heterocycles. The van der Waals surface area contributed by atoms with Crippen LogP contribution in [0.25, 0.3) is 17.2 Å². The van der Waals surface area contributed by atoms with Crippen LogP contribution in [0.4, 0.5) is 0 Å². The third kappa shape index (κ3) is 2.48. The Hall–Kier alpha value is -1.54. The number of benzene rings is 1. The summed E-state index contributed by atoms with van der Waals surface area (Å²) in [5, 5.41) is 0. The van der Waals surface area contributed by atoms with Gasteiger partial charge in [0.2, 0.25) is 5.89 Å². The zero-order valence-electron chi connectivity index (χ0n) is 8.06. The highest BCUT2D eigenvalue weighted by atomic mass is 35.5. The van der Waals surface area contributed by atoms with E-state index in [1.807, 2.05) is 48.6 Å². The van der Waals surface area contributed by atoms with Crippen LogP contribution < -0.4 is 0 Å². The minimum absolute atomic E-state index is 0.512. The Bertz CT molecular complexity index is 466. The fourth-order valence-corrected chi connectivity index (χ4v) is 1.33. The minimum atomic E-state index is 0.512. The van der Waals surface area contributed by atoms with Gasteiger partial charge >= 0.3 is 0 Å². The summed E-state index contributed by atoms with van der Waals surface area (Å²) in [7, 11) is 0. The second-order valence-electron chi connectivity index (χ2n) is 2.96. The number of rotatable bonds is 3. The summed E-state index contributed by atoms with van der Waals surface area (Å²) in [5.74, 6) is 1.12. The highest BCUT2D eigenvalue weighted by Gasteiger charge is 1.99. The van der Waals surface area contributed by atoms with E-state index in [0.717, 1.165) is 11.1 Å². The zero-order valence-corrected chi connectivity index (χ0v) is 8.82. The molecule has 15 heavy (non-hydrogen) atoms. The van der Waals surface area contributed by atoms with Crippen molar-refractivity contribution in [1.82, 2.24) is 4.98 Å². The number of aromatic nitrogens is 1. The Morgan fingerprint density at radius 3 is 2.93 bits per heavy atom. The standard InChI is InChI=1S/C12H10ClNO/c13-9-5-1-2-8-12-14-10-6-3-4-7-11(10)15-12/h1-8H,9H2. The number of para-hydroxylation sites is 2. The molecule has 0 aliphatic heterocycles. The van der Waals surface area contributed by atoms with Gasteiger partial charge in [0.25, 0.3) is 0 Å². The molecule has 0 amide bonds. The molecule has 0 bridgehead atoms. The molecule has 0 aliphatic rings. The van der Waals surface area contributed by atoms with E-state index in [2.05, 4.69) is 4.98 Å². The molecular weight excluding hydrogens is 210 g/mol. The summed E-state index contributed by atoms with van der Waals surface area (Å²) < 4.78 is 5.48. The average Bonchev–Trinajstić information content (AvgIpc) is 2.67. The number of fused-ring (bicyclic) bond motifs is 1. The monoisotopic (exact) mass is 219 g/mol. The maximum absolute atomic E-state index is 5.49. The van der Waals surface area contributed by atoms with Crippen molar-refractivity contribution in [2.45, 2.75) is 0 Å². The summed E-state index contributed by atoms with van der Waals surface area (Å²) in [4.78, 5) is 4.29. The molecule has 2 nitrogen and oxygen atoms in total. The van der Waals surface area contributed by atoms with Gasteiger partial charge in [-0.05, 0) is 12.1 Å². The molecule has 0 fully saturated rings. The number of alkyl halides is 1. The van der Waals surface area contributed by atoms with E-state index in [0.29, 0.717) is 11.8 Å². The molecule has 76 valence electrons. The number of oxazole rings is 1. The summed E-state index contributed by atoms with van der Waals surface area (Å²) >= 11 is 5.49. The summed E-state index contributed by atoms with van der Waals surface area (Å²) in [6.07, 6.45) is 7.37. The van der Waals surface area contributed by atoms with Gasteiger partial charge in [-0.1, -0.05) is 30.4 Å². The van der Waals surface area contributed by atoms with Crippen LogP contribution in [0.5, 0.6) is 0 Å². The van der Waals surface area contributed by atoms with Crippen LogP contribution >= 0.6 is 11.6 Å². The van der Waals surface area contributed by atoms with Crippen LogP contribution in [0.3, 0.4) is 0 Å². The van der Waals surface area contributed by atoms with Gasteiger partial charge in [0, 0.05) is 12.0 Å². The van der Waals surface area contributed by atoms with Crippen molar-refractivity contribution < 1.29 is 4.42 Å². The first kappa shape index (κ1) is 9.99. The van der Waals surface area contributed by atoms with Crippen LogP contribution in [0, 0.1) is 0 Å². The third-order valence-electron chi connectivity index (χ3n) is 1.89. The van der Waals surface area contributed by atoms with Crippen molar-refractivity contribution in [1.29, 1.82) is 0 Å². The third-order valence-corrected chi connectivity index (χ3v) is 2.06. The fraction of sp³-hybridized carbons (Fsp3) is 0.0833. The lowest BCUT2D eigenvalue weighted by Gasteiger charge is -1.80. The van der Waals surface area contributed by atoms with E-state index >= 15 is 0 Å². The molecule has 2 rings (SSSR count). The van der Waals surface area contributed by atoms with Crippen molar-refractivity contribution in [2.75, 3.05) is 5.88 Å². The number of halogens is 1. The predicted octanol–water partition coefficient (Wildman–Crippen LogP) is 3.64. The molecule has 1 aromatic heterocycles. The summed E-state index contributed by atoms with van der Waals surface area (Å²) in [6, 6.07) is 7.68. The SMILES string of the molecule is ClCC=CC=Cc1nc2ccccc2o1. The number of hydrogen-bond donors (Lipinski definition) is 0. The molecule has 1 aromatic carbocycles. The van der Waals surface area contributed by atoms with Gasteiger partial charge in [0.15, 0.2) is 5.58 Å². The molecule has 0 N–H and O–H groups in total. The Balaban J connectivity index is 2.22. The zero-order chi connectivity index (χ0) is 10.5. The highest BCUT2D eigenvalue weighted by molar-refractivity contribution is 6.18. The van der Waals surface area contributed by atoms with Crippen molar-refractivity contribution in [2.24, 2.45) is 0 Å². The van der Waals surface area contributed by atoms with Gasteiger partial charge in [-0.25, -0.2) is 4.98 Å². The van der Waals surface area contributed by atoms with Gasteiger partial charge in [-0.3, -0.25) is 0 Å². The fourth-order valence-electron chi connectivity index (χ4n) is 1.23. The molecule has 0 radical (unpaired) electrons. The second kappa shape index (κ2) is 4.80. The average molecular weight is 220 g/mol. The van der Waals surface area contributed by atoms with Gasteiger partial charge in [0.1, 0.15) is 5.52 Å². The molecule has 0 spiro atoms. The van der Waals surface area contributed by atoms with Crippen molar-refractivity contribution in [3.63, 3.8) is 0 Å². The maximum Gasteiger partial charge on any atom is 0.219 e. The maximum atomic E-state index is 5.49. The Morgan fingerprint density at radius 2 is 2.13 bits per heavy atom. The largest absolute Gasteiger partial charge is 0.437 e. The number of hydrogen-bond acceptors (Lipinski definition) is 2. The summed E-state index contributed by atoms with van der Waals surface area (Å²) in [5.41, 5.74) is 1.68. The van der Waals surface area contributed by atoms with Crippen molar-refractivity contribution in [3.8, 4) is 0 Å². The lowest BCUT2D eigenvalue weighted by atomic mass is 10.3. The first-order valence-electron chi connectivity index (χ1n) is 4.65. The Morgan fingerprint density at radius 1 is 1.27 bits per heavy atom. The van der Waals surface area contributed by atoms with Crippen LogP contribution in [0.1, 0.15) is 5.89 Å². The van der Waals surface area contributed by atoms with Gasteiger partial charge in [0.05, 0.1) is 0 Å². The van der Waals surface area contributed by atoms with E-state index in [4.69, 9.17) is 16.0 Å². The highest BCUT2D eigenvalue weighted by Crippen LogP contribution is 2.15. The smallest absolute Gasteiger partial charge is 0.219 e. The van der Waals surface area contributed by atoms with E-state index in [1.165, 1.54) is 0 Å². The van der Waals surface area contributed by atoms with Gasteiger partial charge < -0.3 is 4.42 Å². The normalized spacial score (nSPS) is 12.1. The van der Waals surface area contributed by atoms with E-state index in [-0.39, 0.29) is 0 Å². The lowest BCUT2D eigenvalue weighted by molar-refractivity contribution is 0.589. The van der Waals surface area contributed by atoms with Gasteiger partial charge in [-0.2, -0.15) is 0 Å². The molecule has 3 heteroatoms. The molecule has 0 saturated heterocycles. The van der Waals surface area contributed by atoms with Gasteiger partial charge in [-0.15, -0.1) is 11.6 Å². The molecule has 2 aromatic rings. The first-order chi connectivity index (χ1) is 7.40. The molecule has 0 unspecified atom stereocenters. The van der Waals surface area contributed by atoms with E-state index in [9.17, 15) is 0 Å². The van der Waals surface area contributed by atoms with Crippen molar-refractivity contribution >= 4 is 28.8 Å². The van der Waals surface area contributed by atoms with Crippen LogP contribution in [-0.2, 0) is 0 Å². The predicted molar refractivity (Wildman–Crippen MR) is 62.9 cm³/mol. The Labute approximate surface area is 92.9 Å². The minimum Gasteiger partial charge on any atom is -0.437 e. The molecular formula is C12H10ClNO. The second-order valence-corrected chi connectivity index (χ2v) is 3.27. The molecule has 0 saturated carbocycles. The van der Waals surface area contributed by atoms with Crippen LogP contribution in [0.15, 0.2) is 46.9 Å². The van der Waals surface area contributed by atoms with Crippen LogP contribution in [-0.4, -0.2) is 10.9 Å². The molecule has 0 aliphatic carbocycles. The topological polar surface area (TPSA) is 26.0 Å². The Kier molecular flexibility index (Phi) is 3.20.